The normalized spacial score (nSPS) is 11.1. The molecule has 0 atom stereocenters. The molecule has 0 saturated carbocycles. The van der Waals surface area contributed by atoms with Crippen LogP contribution in [0.25, 0.3) is 16.8 Å². The minimum atomic E-state index is -0.503. The Morgan fingerprint density at radius 1 is 0.972 bits per heavy atom. The summed E-state index contributed by atoms with van der Waals surface area (Å²) in [5.74, 6) is 0.769. The van der Waals surface area contributed by atoms with E-state index in [0.29, 0.717) is 41.0 Å². The van der Waals surface area contributed by atoms with E-state index < -0.39 is 5.91 Å². The lowest BCUT2D eigenvalue weighted by atomic mass is 10.0. The predicted octanol–water partition coefficient (Wildman–Crippen LogP) is 7.41. The molecular formula is C30H25ClN2O3. The van der Waals surface area contributed by atoms with Gasteiger partial charge in [0.15, 0.2) is 0 Å². The number of carbonyl (C=O) groups excluding carboxylic acids is 1. The van der Waals surface area contributed by atoms with E-state index in [4.69, 9.17) is 21.1 Å². The molecule has 0 unspecified atom stereocenters. The van der Waals surface area contributed by atoms with Crippen LogP contribution in [0, 0.1) is 11.3 Å². The lowest BCUT2D eigenvalue weighted by Crippen LogP contribution is -2.13. The summed E-state index contributed by atoms with van der Waals surface area (Å²) in [5.41, 5.74) is 2.12. The Bertz CT molecular complexity index is 1440. The van der Waals surface area contributed by atoms with E-state index in [1.807, 2.05) is 73.7 Å². The van der Waals surface area contributed by atoms with Crippen LogP contribution in [0.4, 0.5) is 5.69 Å². The van der Waals surface area contributed by atoms with Gasteiger partial charge in [0, 0.05) is 21.8 Å². The van der Waals surface area contributed by atoms with Crippen LogP contribution in [0.5, 0.6) is 11.5 Å². The first kappa shape index (κ1) is 24.8. The van der Waals surface area contributed by atoms with Gasteiger partial charge in [-0.2, -0.15) is 5.26 Å². The van der Waals surface area contributed by atoms with E-state index in [9.17, 15) is 10.1 Å². The number of rotatable bonds is 9. The number of benzene rings is 4. The third kappa shape index (κ3) is 6.04. The minimum absolute atomic E-state index is 0.0215. The summed E-state index contributed by atoms with van der Waals surface area (Å²) in [5, 5.41) is 15.1. The molecule has 0 aliphatic rings. The molecule has 0 spiro atoms. The lowest BCUT2D eigenvalue weighted by molar-refractivity contribution is -0.112. The maximum atomic E-state index is 13.0. The second-order valence-electron chi connectivity index (χ2n) is 8.08. The number of halogens is 1. The standard InChI is InChI=1S/C30H25ClN2O3/c1-2-17-35-29-16-11-21-7-3-5-9-26(21)27(29)18-23(19-32)30(34)33-24-12-14-25(15-13-24)36-20-22-8-4-6-10-28(22)31/h3-16,18H,2,17,20H2,1H3,(H,33,34)/b23-18+. The molecule has 180 valence electrons. The Kier molecular flexibility index (Phi) is 8.23. The first-order valence-electron chi connectivity index (χ1n) is 11.6. The average Bonchev–Trinajstić information content (AvgIpc) is 2.91. The number of hydrogen-bond acceptors (Lipinski definition) is 4. The van der Waals surface area contributed by atoms with Crippen molar-refractivity contribution in [3.05, 3.63) is 107 Å². The summed E-state index contributed by atoms with van der Waals surface area (Å²) in [7, 11) is 0. The highest BCUT2D eigenvalue weighted by atomic mass is 35.5. The number of nitriles is 1. The number of anilines is 1. The fraction of sp³-hybridized carbons (Fsp3) is 0.133. The summed E-state index contributed by atoms with van der Waals surface area (Å²) < 4.78 is 11.7. The summed E-state index contributed by atoms with van der Waals surface area (Å²) >= 11 is 6.17. The summed E-state index contributed by atoms with van der Waals surface area (Å²) in [6.07, 6.45) is 2.43. The number of fused-ring (bicyclic) bond motifs is 1. The van der Waals surface area contributed by atoms with Crippen LogP contribution < -0.4 is 14.8 Å². The van der Waals surface area contributed by atoms with E-state index in [1.54, 1.807) is 30.3 Å². The molecule has 4 aromatic rings. The average molecular weight is 497 g/mol. The highest BCUT2D eigenvalue weighted by Gasteiger charge is 2.14. The van der Waals surface area contributed by atoms with Crippen molar-refractivity contribution in [3.8, 4) is 17.6 Å². The van der Waals surface area contributed by atoms with Gasteiger partial charge in [-0.1, -0.05) is 67.1 Å². The van der Waals surface area contributed by atoms with Crippen molar-refractivity contribution in [2.75, 3.05) is 11.9 Å². The summed E-state index contributed by atoms with van der Waals surface area (Å²) in [4.78, 5) is 13.0. The van der Waals surface area contributed by atoms with Crippen molar-refractivity contribution in [2.45, 2.75) is 20.0 Å². The molecule has 0 aromatic heterocycles. The van der Waals surface area contributed by atoms with Crippen LogP contribution in [0.2, 0.25) is 5.02 Å². The van der Waals surface area contributed by atoms with Crippen molar-refractivity contribution < 1.29 is 14.3 Å². The zero-order valence-electron chi connectivity index (χ0n) is 19.8. The molecule has 0 aliphatic carbocycles. The number of carbonyl (C=O) groups is 1. The number of nitrogens with zero attached hydrogens (tertiary/aromatic N) is 1. The highest BCUT2D eigenvalue weighted by molar-refractivity contribution is 6.31. The number of ether oxygens (including phenoxy) is 2. The predicted molar refractivity (Wildman–Crippen MR) is 144 cm³/mol. The molecule has 0 aliphatic heterocycles. The number of amides is 1. The van der Waals surface area contributed by atoms with E-state index >= 15 is 0 Å². The van der Waals surface area contributed by atoms with Crippen LogP contribution in [-0.4, -0.2) is 12.5 Å². The van der Waals surface area contributed by atoms with E-state index in [0.717, 1.165) is 22.8 Å². The zero-order valence-corrected chi connectivity index (χ0v) is 20.6. The monoisotopic (exact) mass is 496 g/mol. The second kappa shape index (κ2) is 11.9. The van der Waals surface area contributed by atoms with Gasteiger partial charge in [-0.15, -0.1) is 0 Å². The first-order valence-corrected chi connectivity index (χ1v) is 12.0. The molecule has 0 radical (unpaired) electrons. The van der Waals surface area contributed by atoms with Crippen molar-refractivity contribution >= 4 is 40.0 Å². The maximum absolute atomic E-state index is 13.0. The van der Waals surface area contributed by atoms with Gasteiger partial charge in [-0.3, -0.25) is 4.79 Å². The molecule has 1 N–H and O–H groups in total. The Morgan fingerprint density at radius 3 is 2.47 bits per heavy atom. The van der Waals surface area contributed by atoms with Crippen LogP contribution in [0.15, 0.2) is 90.5 Å². The Morgan fingerprint density at radius 2 is 1.72 bits per heavy atom. The Labute approximate surface area is 215 Å². The van der Waals surface area contributed by atoms with Gasteiger partial charge < -0.3 is 14.8 Å². The molecule has 0 heterocycles. The van der Waals surface area contributed by atoms with Crippen LogP contribution in [-0.2, 0) is 11.4 Å². The van der Waals surface area contributed by atoms with Crippen LogP contribution >= 0.6 is 11.6 Å². The van der Waals surface area contributed by atoms with Gasteiger partial charge in [-0.05, 0) is 59.7 Å². The lowest BCUT2D eigenvalue weighted by Gasteiger charge is -2.12. The van der Waals surface area contributed by atoms with Crippen LogP contribution in [0.3, 0.4) is 0 Å². The van der Waals surface area contributed by atoms with Crippen LogP contribution in [0.1, 0.15) is 24.5 Å². The largest absolute Gasteiger partial charge is 0.493 e. The van der Waals surface area contributed by atoms with Crippen molar-refractivity contribution in [1.82, 2.24) is 0 Å². The molecule has 1 amide bonds. The van der Waals surface area contributed by atoms with E-state index in [2.05, 4.69) is 5.32 Å². The highest BCUT2D eigenvalue weighted by Crippen LogP contribution is 2.31. The van der Waals surface area contributed by atoms with Gasteiger partial charge in [0.25, 0.3) is 5.91 Å². The fourth-order valence-corrected chi connectivity index (χ4v) is 3.86. The molecular weight excluding hydrogens is 472 g/mol. The van der Waals surface area contributed by atoms with Gasteiger partial charge in [0.05, 0.1) is 6.61 Å². The van der Waals surface area contributed by atoms with Crippen molar-refractivity contribution in [2.24, 2.45) is 0 Å². The number of hydrogen-bond donors (Lipinski definition) is 1. The van der Waals surface area contributed by atoms with Crippen molar-refractivity contribution in [1.29, 1.82) is 5.26 Å². The van der Waals surface area contributed by atoms with Gasteiger partial charge in [0.1, 0.15) is 29.7 Å². The van der Waals surface area contributed by atoms with E-state index in [1.165, 1.54) is 0 Å². The summed E-state index contributed by atoms with van der Waals surface area (Å²) in [6.45, 7) is 2.90. The molecule has 5 nitrogen and oxygen atoms in total. The molecule has 0 saturated heterocycles. The molecule has 4 rings (SSSR count). The SMILES string of the molecule is CCCOc1ccc2ccccc2c1/C=C(\C#N)C(=O)Nc1ccc(OCc2ccccc2Cl)cc1. The maximum Gasteiger partial charge on any atom is 0.266 e. The molecule has 4 aromatic carbocycles. The molecule has 0 bridgehead atoms. The molecule has 0 fully saturated rings. The van der Waals surface area contributed by atoms with Gasteiger partial charge in [-0.25, -0.2) is 0 Å². The number of nitrogens with one attached hydrogen (secondary N) is 1. The molecule has 36 heavy (non-hydrogen) atoms. The van der Waals surface area contributed by atoms with Gasteiger partial charge in [0.2, 0.25) is 0 Å². The van der Waals surface area contributed by atoms with E-state index in [-0.39, 0.29) is 5.57 Å². The second-order valence-corrected chi connectivity index (χ2v) is 8.48. The smallest absolute Gasteiger partial charge is 0.266 e. The Balaban J connectivity index is 1.51. The fourth-order valence-electron chi connectivity index (χ4n) is 3.66. The summed E-state index contributed by atoms with van der Waals surface area (Å²) in [6, 6.07) is 28.1. The van der Waals surface area contributed by atoms with Gasteiger partial charge >= 0.3 is 0 Å². The topological polar surface area (TPSA) is 71.3 Å². The minimum Gasteiger partial charge on any atom is -0.493 e. The zero-order chi connectivity index (χ0) is 25.3. The first-order chi connectivity index (χ1) is 17.6. The molecule has 6 heteroatoms. The third-order valence-electron chi connectivity index (χ3n) is 5.51. The quantitative estimate of drug-likeness (QED) is 0.193. The third-order valence-corrected chi connectivity index (χ3v) is 5.88. The van der Waals surface area contributed by atoms with Crippen molar-refractivity contribution in [3.63, 3.8) is 0 Å². The Hall–Kier alpha value is -4.27.